The van der Waals surface area contributed by atoms with Crippen LogP contribution in [0.2, 0.25) is 0 Å². The number of hydrogen-bond donors (Lipinski definition) is 1. The molecule has 1 fully saturated rings. The third kappa shape index (κ3) is 6.42. The highest BCUT2D eigenvalue weighted by atomic mass is 19.1. The van der Waals surface area contributed by atoms with Crippen LogP contribution in [0, 0.1) is 5.82 Å². The quantitative estimate of drug-likeness (QED) is 0.618. The zero-order valence-corrected chi connectivity index (χ0v) is 17.5. The van der Waals surface area contributed by atoms with Gasteiger partial charge in [0, 0.05) is 18.8 Å². The van der Waals surface area contributed by atoms with Gasteiger partial charge in [-0.3, -0.25) is 9.59 Å². The summed E-state index contributed by atoms with van der Waals surface area (Å²) in [6, 6.07) is 9.62. The van der Waals surface area contributed by atoms with Crippen molar-refractivity contribution in [3.8, 4) is 11.5 Å². The predicted octanol–water partition coefficient (Wildman–Crippen LogP) is 1.87. The zero-order chi connectivity index (χ0) is 22.9. The van der Waals surface area contributed by atoms with E-state index in [4.69, 9.17) is 18.9 Å². The van der Waals surface area contributed by atoms with Crippen LogP contribution in [-0.2, 0) is 19.1 Å². The first-order chi connectivity index (χ1) is 15.5. The summed E-state index contributed by atoms with van der Waals surface area (Å²) in [5.41, 5.74) is 0.594. The molecule has 10 heteroatoms. The van der Waals surface area contributed by atoms with Gasteiger partial charge in [0.25, 0.3) is 11.8 Å². The van der Waals surface area contributed by atoms with Gasteiger partial charge in [-0.05, 0) is 42.5 Å². The Balaban J connectivity index is 1.52. The van der Waals surface area contributed by atoms with E-state index in [-0.39, 0.29) is 36.2 Å². The summed E-state index contributed by atoms with van der Waals surface area (Å²) in [6.07, 6.45) is 0. The van der Waals surface area contributed by atoms with E-state index in [0.29, 0.717) is 32.0 Å². The molecule has 1 aliphatic rings. The third-order valence-corrected chi connectivity index (χ3v) is 4.58. The number of anilines is 1. The van der Waals surface area contributed by atoms with E-state index in [0.717, 1.165) is 0 Å². The lowest BCUT2D eigenvalue weighted by Gasteiger charge is -2.26. The zero-order valence-electron chi connectivity index (χ0n) is 17.5. The fraction of sp³-hybridized carbons (Fsp3) is 0.318. The fourth-order valence-corrected chi connectivity index (χ4v) is 2.90. The summed E-state index contributed by atoms with van der Waals surface area (Å²) in [4.78, 5) is 38.0. The van der Waals surface area contributed by atoms with Crippen LogP contribution in [0.5, 0.6) is 11.5 Å². The van der Waals surface area contributed by atoms with Gasteiger partial charge in [0.05, 0.1) is 25.9 Å². The normalized spacial score (nSPS) is 13.2. The molecule has 1 saturated heterocycles. The van der Waals surface area contributed by atoms with E-state index in [1.807, 2.05) is 0 Å². The average molecular weight is 446 g/mol. The van der Waals surface area contributed by atoms with Crippen molar-refractivity contribution >= 4 is 23.5 Å². The number of benzene rings is 2. The lowest BCUT2D eigenvalue weighted by molar-refractivity contribution is -0.138. The molecule has 0 aromatic heterocycles. The first kappa shape index (κ1) is 23.0. The molecule has 0 bridgehead atoms. The molecule has 0 radical (unpaired) electrons. The first-order valence-corrected chi connectivity index (χ1v) is 9.85. The highest BCUT2D eigenvalue weighted by Gasteiger charge is 2.19. The van der Waals surface area contributed by atoms with E-state index in [9.17, 15) is 18.8 Å². The molecule has 32 heavy (non-hydrogen) atoms. The topological polar surface area (TPSA) is 103 Å². The lowest BCUT2D eigenvalue weighted by Crippen LogP contribution is -2.42. The maximum Gasteiger partial charge on any atom is 0.338 e. The fourth-order valence-electron chi connectivity index (χ4n) is 2.90. The Kier molecular flexibility index (Phi) is 7.98. The van der Waals surface area contributed by atoms with E-state index in [1.165, 1.54) is 49.6 Å². The van der Waals surface area contributed by atoms with Gasteiger partial charge in [-0.1, -0.05) is 0 Å². The average Bonchev–Trinajstić information content (AvgIpc) is 2.82. The summed E-state index contributed by atoms with van der Waals surface area (Å²) in [7, 11) is 1.39. The second kappa shape index (κ2) is 11.1. The molecule has 170 valence electrons. The van der Waals surface area contributed by atoms with Gasteiger partial charge in [0.2, 0.25) is 0 Å². The number of carbonyl (C=O) groups is 3. The monoisotopic (exact) mass is 446 g/mol. The van der Waals surface area contributed by atoms with Gasteiger partial charge >= 0.3 is 5.97 Å². The molecule has 2 amide bonds. The molecule has 2 aromatic carbocycles. The van der Waals surface area contributed by atoms with Crippen LogP contribution in [0.1, 0.15) is 10.4 Å². The Bertz CT molecular complexity index is 959. The molecule has 3 rings (SSSR count). The summed E-state index contributed by atoms with van der Waals surface area (Å²) in [5.74, 6) is -1.39. The van der Waals surface area contributed by atoms with Crippen molar-refractivity contribution < 1.29 is 37.7 Å². The Morgan fingerprint density at radius 1 is 1.03 bits per heavy atom. The van der Waals surface area contributed by atoms with Crippen molar-refractivity contribution in [3.05, 3.63) is 53.8 Å². The lowest BCUT2D eigenvalue weighted by atomic mass is 10.2. The smallest absolute Gasteiger partial charge is 0.338 e. The van der Waals surface area contributed by atoms with Crippen molar-refractivity contribution in [1.29, 1.82) is 0 Å². The molecule has 0 aliphatic carbocycles. The molecule has 0 unspecified atom stereocenters. The Labute approximate surface area is 184 Å². The first-order valence-electron chi connectivity index (χ1n) is 9.85. The van der Waals surface area contributed by atoms with Gasteiger partial charge < -0.3 is 29.2 Å². The largest absolute Gasteiger partial charge is 0.493 e. The molecule has 0 saturated carbocycles. The minimum absolute atomic E-state index is 0.166. The number of carbonyl (C=O) groups excluding carboxylic acids is 3. The van der Waals surface area contributed by atoms with Crippen LogP contribution in [0.3, 0.4) is 0 Å². The highest BCUT2D eigenvalue weighted by molar-refractivity contribution is 5.93. The SMILES string of the molecule is COc1cc(C(=O)OCC(=O)N2CCOCC2)ccc1OCC(=O)Nc1ccc(F)cc1. The van der Waals surface area contributed by atoms with Crippen LogP contribution in [0.25, 0.3) is 0 Å². The van der Waals surface area contributed by atoms with Gasteiger partial charge in [0.1, 0.15) is 5.82 Å². The summed E-state index contributed by atoms with van der Waals surface area (Å²) < 4.78 is 33.9. The maximum atomic E-state index is 12.9. The van der Waals surface area contributed by atoms with Crippen molar-refractivity contribution in [1.82, 2.24) is 4.90 Å². The highest BCUT2D eigenvalue weighted by Crippen LogP contribution is 2.28. The molecule has 1 aliphatic heterocycles. The number of nitrogens with zero attached hydrogens (tertiary/aromatic N) is 1. The Hall–Kier alpha value is -3.66. The van der Waals surface area contributed by atoms with Crippen molar-refractivity contribution in [2.24, 2.45) is 0 Å². The molecule has 0 atom stereocenters. The number of rotatable bonds is 8. The Morgan fingerprint density at radius 2 is 1.75 bits per heavy atom. The summed E-state index contributed by atoms with van der Waals surface area (Å²) in [5, 5.41) is 2.57. The van der Waals surface area contributed by atoms with Gasteiger partial charge in [-0.25, -0.2) is 9.18 Å². The van der Waals surface area contributed by atoms with Crippen molar-refractivity contribution in [2.45, 2.75) is 0 Å². The van der Waals surface area contributed by atoms with Crippen LogP contribution in [0.15, 0.2) is 42.5 Å². The van der Waals surface area contributed by atoms with Gasteiger partial charge in [-0.2, -0.15) is 0 Å². The van der Waals surface area contributed by atoms with E-state index in [2.05, 4.69) is 5.32 Å². The molecule has 0 spiro atoms. The molecular formula is C22H23FN2O7. The molecule has 9 nitrogen and oxygen atoms in total. The third-order valence-electron chi connectivity index (χ3n) is 4.58. The second-order valence-corrected chi connectivity index (χ2v) is 6.78. The predicted molar refractivity (Wildman–Crippen MR) is 111 cm³/mol. The minimum Gasteiger partial charge on any atom is -0.493 e. The number of amides is 2. The van der Waals surface area contributed by atoms with Crippen LogP contribution < -0.4 is 14.8 Å². The molecule has 2 aromatic rings. The molecule has 1 heterocycles. The van der Waals surface area contributed by atoms with Crippen LogP contribution >= 0.6 is 0 Å². The van der Waals surface area contributed by atoms with Crippen molar-refractivity contribution in [2.75, 3.05) is 51.9 Å². The van der Waals surface area contributed by atoms with Crippen LogP contribution in [-0.4, -0.2) is 69.3 Å². The standard InChI is InChI=1S/C22H23FN2O7/c1-29-19-12-15(22(28)32-14-21(27)25-8-10-30-11-9-25)2-7-18(19)31-13-20(26)24-17-5-3-16(23)4-6-17/h2-7,12H,8-11,13-14H2,1H3,(H,24,26). The molecular weight excluding hydrogens is 423 g/mol. The summed E-state index contributed by atoms with van der Waals surface area (Å²) >= 11 is 0. The second-order valence-electron chi connectivity index (χ2n) is 6.78. The number of hydrogen-bond acceptors (Lipinski definition) is 7. The number of esters is 1. The van der Waals surface area contributed by atoms with Gasteiger partial charge in [0.15, 0.2) is 24.7 Å². The number of ether oxygens (including phenoxy) is 4. The minimum atomic E-state index is -0.689. The van der Waals surface area contributed by atoms with Crippen molar-refractivity contribution in [3.63, 3.8) is 0 Å². The van der Waals surface area contributed by atoms with Gasteiger partial charge in [-0.15, -0.1) is 0 Å². The maximum absolute atomic E-state index is 12.9. The summed E-state index contributed by atoms with van der Waals surface area (Å²) in [6.45, 7) is 1.14. The molecule has 1 N–H and O–H groups in total. The van der Waals surface area contributed by atoms with E-state index < -0.39 is 17.7 Å². The van der Waals surface area contributed by atoms with E-state index in [1.54, 1.807) is 4.90 Å². The number of morpholine rings is 1. The Morgan fingerprint density at radius 3 is 2.44 bits per heavy atom. The van der Waals surface area contributed by atoms with Crippen LogP contribution in [0.4, 0.5) is 10.1 Å². The number of nitrogens with one attached hydrogen (secondary N) is 1. The van der Waals surface area contributed by atoms with E-state index >= 15 is 0 Å². The number of halogens is 1. The number of methoxy groups -OCH3 is 1.